The maximum atomic E-state index is 4.61. The van der Waals surface area contributed by atoms with Gasteiger partial charge in [-0.3, -0.25) is 5.43 Å². The van der Waals surface area contributed by atoms with Gasteiger partial charge in [0.05, 0.1) is 10.2 Å². The van der Waals surface area contributed by atoms with Crippen LogP contribution >= 0.6 is 11.3 Å². The molecule has 0 saturated heterocycles. The van der Waals surface area contributed by atoms with Crippen molar-refractivity contribution in [2.24, 2.45) is 16.4 Å². The normalized spacial score (nSPS) is 24.1. The minimum atomic E-state index is 0.367. The molecular formula is C16H21N3S. The van der Waals surface area contributed by atoms with Crippen LogP contribution in [-0.2, 0) is 0 Å². The molecule has 1 aromatic heterocycles. The Labute approximate surface area is 124 Å². The highest BCUT2D eigenvalue weighted by Gasteiger charge is 2.29. The Bertz CT molecular complexity index is 609. The standard InChI is InChI=1S/C16H21N3S/c1-11-8-12(10-16(2,3)9-11)18-19-15-17-13-6-4-5-7-14(13)20-15/h4-7,11H,8-10H2,1-3H3,(H,17,19). The van der Waals surface area contributed by atoms with Crippen LogP contribution in [0.5, 0.6) is 0 Å². The Balaban J connectivity index is 1.76. The number of rotatable bonds is 2. The van der Waals surface area contributed by atoms with Crippen LogP contribution in [0.15, 0.2) is 29.4 Å². The van der Waals surface area contributed by atoms with E-state index in [9.17, 15) is 0 Å². The molecule has 1 unspecified atom stereocenters. The monoisotopic (exact) mass is 287 g/mol. The SMILES string of the molecule is CC1CC(=NNc2nc3ccccc3s2)CC(C)(C)C1. The summed E-state index contributed by atoms with van der Waals surface area (Å²) in [4.78, 5) is 4.55. The Morgan fingerprint density at radius 2 is 2.15 bits per heavy atom. The number of thiazole rings is 1. The predicted octanol–water partition coefficient (Wildman–Crippen LogP) is 4.91. The number of hydrogen-bond donors (Lipinski definition) is 1. The van der Waals surface area contributed by atoms with Gasteiger partial charge in [0, 0.05) is 5.71 Å². The van der Waals surface area contributed by atoms with Crippen molar-refractivity contribution >= 4 is 32.4 Å². The molecule has 20 heavy (non-hydrogen) atoms. The molecule has 0 radical (unpaired) electrons. The molecule has 2 aromatic rings. The molecule has 0 aliphatic heterocycles. The van der Waals surface area contributed by atoms with E-state index in [-0.39, 0.29) is 0 Å². The highest BCUT2D eigenvalue weighted by atomic mass is 32.1. The molecule has 3 nitrogen and oxygen atoms in total. The Kier molecular flexibility index (Phi) is 3.50. The third kappa shape index (κ3) is 3.01. The number of benzene rings is 1. The lowest BCUT2D eigenvalue weighted by atomic mass is 9.72. The van der Waals surface area contributed by atoms with Crippen LogP contribution < -0.4 is 5.43 Å². The summed E-state index contributed by atoms with van der Waals surface area (Å²) in [6, 6.07) is 8.19. The number of anilines is 1. The van der Waals surface area contributed by atoms with E-state index in [1.807, 2.05) is 18.2 Å². The third-order valence-corrected chi connectivity index (χ3v) is 4.71. The lowest BCUT2D eigenvalue weighted by molar-refractivity contribution is 0.266. The molecule has 4 heteroatoms. The van der Waals surface area contributed by atoms with Crippen molar-refractivity contribution in [1.82, 2.24) is 4.98 Å². The van der Waals surface area contributed by atoms with Gasteiger partial charge in [0.1, 0.15) is 0 Å². The summed E-state index contributed by atoms with van der Waals surface area (Å²) < 4.78 is 1.20. The number of hydrogen-bond acceptors (Lipinski definition) is 4. The van der Waals surface area contributed by atoms with Gasteiger partial charge in [0.15, 0.2) is 0 Å². The van der Waals surface area contributed by atoms with Gasteiger partial charge >= 0.3 is 0 Å². The van der Waals surface area contributed by atoms with Crippen LogP contribution in [0.25, 0.3) is 10.2 Å². The fourth-order valence-corrected chi connectivity index (χ4v) is 4.05. The van der Waals surface area contributed by atoms with Gasteiger partial charge in [-0.05, 0) is 42.7 Å². The molecule has 1 N–H and O–H groups in total. The first-order valence-corrected chi connectivity index (χ1v) is 8.00. The quantitative estimate of drug-likeness (QED) is 0.797. The van der Waals surface area contributed by atoms with E-state index in [4.69, 9.17) is 0 Å². The summed E-state index contributed by atoms with van der Waals surface area (Å²) in [5.41, 5.74) is 5.84. The average Bonchev–Trinajstić information content (AvgIpc) is 2.76. The lowest BCUT2D eigenvalue weighted by Gasteiger charge is -2.34. The van der Waals surface area contributed by atoms with Crippen LogP contribution in [0.1, 0.15) is 40.0 Å². The molecule has 3 rings (SSSR count). The summed E-state index contributed by atoms with van der Waals surface area (Å²) >= 11 is 1.66. The zero-order valence-electron chi connectivity index (χ0n) is 12.3. The molecular weight excluding hydrogens is 266 g/mol. The maximum absolute atomic E-state index is 4.61. The van der Waals surface area contributed by atoms with Gasteiger partial charge in [0.2, 0.25) is 5.13 Å². The summed E-state index contributed by atoms with van der Waals surface area (Å²) in [7, 11) is 0. The molecule has 1 aliphatic rings. The van der Waals surface area contributed by atoms with Gasteiger partial charge in [-0.25, -0.2) is 4.98 Å². The fourth-order valence-electron chi connectivity index (χ4n) is 3.25. The maximum Gasteiger partial charge on any atom is 0.204 e. The van der Waals surface area contributed by atoms with Crippen molar-refractivity contribution in [3.05, 3.63) is 24.3 Å². The number of aromatic nitrogens is 1. The molecule has 0 spiro atoms. The minimum absolute atomic E-state index is 0.367. The second-order valence-corrected chi connectivity index (χ2v) is 7.66. The van der Waals surface area contributed by atoms with Gasteiger partial charge in [-0.15, -0.1) is 0 Å². The first kappa shape index (κ1) is 13.6. The molecule has 1 aliphatic carbocycles. The zero-order chi connectivity index (χ0) is 14.2. The molecule has 0 amide bonds. The molecule has 1 atom stereocenters. The van der Waals surface area contributed by atoms with E-state index in [1.54, 1.807) is 11.3 Å². The topological polar surface area (TPSA) is 37.3 Å². The van der Waals surface area contributed by atoms with E-state index in [2.05, 4.69) is 42.3 Å². The average molecular weight is 287 g/mol. The van der Waals surface area contributed by atoms with E-state index < -0.39 is 0 Å². The first-order valence-electron chi connectivity index (χ1n) is 7.19. The van der Waals surface area contributed by atoms with Crippen molar-refractivity contribution in [3.8, 4) is 0 Å². The summed E-state index contributed by atoms with van der Waals surface area (Å²) in [6.45, 7) is 6.97. The molecule has 1 aromatic carbocycles. The summed E-state index contributed by atoms with van der Waals surface area (Å²) in [5.74, 6) is 0.717. The van der Waals surface area contributed by atoms with Crippen LogP contribution in [0.2, 0.25) is 0 Å². The number of fused-ring (bicyclic) bond motifs is 1. The minimum Gasteiger partial charge on any atom is -0.253 e. The first-order chi connectivity index (χ1) is 9.52. The van der Waals surface area contributed by atoms with Gasteiger partial charge in [-0.2, -0.15) is 5.10 Å². The highest BCUT2D eigenvalue weighted by Crippen LogP contribution is 2.37. The third-order valence-electron chi connectivity index (χ3n) is 3.77. The van der Waals surface area contributed by atoms with Crippen molar-refractivity contribution in [1.29, 1.82) is 0 Å². The second kappa shape index (κ2) is 5.17. The second-order valence-electron chi connectivity index (χ2n) is 6.63. The van der Waals surface area contributed by atoms with E-state index in [0.29, 0.717) is 5.41 Å². The highest BCUT2D eigenvalue weighted by molar-refractivity contribution is 7.22. The van der Waals surface area contributed by atoms with E-state index >= 15 is 0 Å². The Morgan fingerprint density at radius 3 is 2.90 bits per heavy atom. The molecule has 0 bridgehead atoms. The van der Waals surface area contributed by atoms with Crippen molar-refractivity contribution in [3.63, 3.8) is 0 Å². The molecule has 1 saturated carbocycles. The molecule has 1 heterocycles. The van der Waals surface area contributed by atoms with Gasteiger partial charge < -0.3 is 0 Å². The zero-order valence-corrected chi connectivity index (χ0v) is 13.1. The Hall–Kier alpha value is -1.42. The molecule has 1 fully saturated rings. The van der Waals surface area contributed by atoms with Gasteiger partial charge in [0.25, 0.3) is 0 Å². The van der Waals surface area contributed by atoms with E-state index in [0.717, 1.165) is 29.4 Å². The summed E-state index contributed by atoms with van der Waals surface area (Å²) in [6.07, 6.45) is 3.46. The number of nitrogens with one attached hydrogen (secondary N) is 1. The largest absolute Gasteiger partial charge is 0.253 e. The molecule has 106 valence electrons. The predicted molar refractivity (Wildman–Crippen MR) is 87.5 cm³/mol. The smallest absolute Gasteiger partial charge is 0.204 e. The van der Waals surface area contributed by atoms with Crippen LogP contribution in [0, 0.1) is 11.3 Å². The van der Waals surface area contributed by atoms with Crippen LogP contribution in [-0.4, -0.2) is 10.7 Å². The van der Waals surface area contributed by atoms with Crippen LogP contribution in [0.4, 0.5) is 5.13 Å². The number of para-hydroxylation sites is 1. The fraction of sp³-hybridized carbons (Fsp3) is 0.500. The Morgan fingerprint density at radius 1 is 1.35 bits per heavy atom. The van der Waals surface area contributed by atoms with Crippen LogP contribution in [0.3, 0.4) is 0 Å². The summed E-state index contributed by atoms with van der Waals surface area (Å²) in [5, 5.41) is 5.49. The van der Waals surface area contributed by atoms with Crippen molar-refractivity contribution < 1.29 is 0 Å². The van der Waals surface area contributed by atoms with E-state index in [1.165, 1.54) is 16.8 Å². The van der Waals surface area contributed by atoms with Crippen molar-refractivity contribution in [2.75, 3.05) is 5.43 Å². The number of hydrazone groups is 1. The van der Waals surface area contributed by atoms with Gasteiger partial charge in [-0.1, -0.05) is 44.2 Å². The number of nitrogens with zero attached hydrogens (tertiary/aromatic N) is 2. The lowest BCUT2D eigenvalue weighted by Crippen LogP contribution is -2.28. The van der Waals surface area contributed by atoms with Crippen molar-refractivity contribution in [2.45, 2.75) is 40.0 Å².